The van der Waals surface area contributed by atoms with Crippen LogP contribution in [0.1, 0.15) is 0 Å². The van der Waals surface area contributed by atoms with Gasteiger partial charge in [-0.1, -0.05) is 11.6 Å². The predicted molar refractivity (Wildman–Crippen MR) is 61.2 cm³/mol. The smallest absolute Gasteiger partial charge is 0.312 e. The summed E-state index contributed by atoms with van der Waals surface area (Å²) in [6.07, 6.45) is -1.29. The molecule has 0 aromatic carbocycles. The topological polar surface area (TPSA) is 77.3 Å². The zero-order chi connectivity index (χ0) is 13.5. The molecule has 100 valence electrons. The molecule has 18 heavy (non-hydrogen) atoms. The molecule has 0 radical (unpaired) electrons. The molecule has 0 bridgehead atoms. The van der Waals surface area contributed by atoms with Crippen LogP contribution in [0.5, 0.6) is 0 Å². The Morgan fingerprint density at radius 3 is 2.94 bits per heavy atom. The number of nitro groups is 1. The Labute approximate surface area is 106 Å². The fourth-order valence-electron chi connectivity index (χ4n) is 1.12. The molecule has 1 rings (SSSR count). The Morgan fingerprint density at radius 2 is 2.33 bits per heavy atom. The number of ether oxygens (including phenoxy) is 1. The molecule has 1 N–H and O–H groups in total. The maximum atomic E-state index is 11.7. The summed E-state index contributed by atoms with van der Waals surface area (Å²) in [7, 11) is 0. The van der Waals surface area contributed by atoms with E-state index in [-0.39, 0.29) is 29.7 Å². The van der Waals surface area contributed by atoms with Gasteiger partial charge in [0.05, 0.1) is 16.6 Å². The number of nitrogens with zero attached hydrogens (tertiary/aromatic N) is 2. The summed E-state index contributed by atoms with van der Waals surface area (Å²) in [6, 6.07) is 1.15. The number of rotatable bonds is 7. The lowest BCUT2D eigenvalue weighted by Crippen LogP contribution is -2.14. The van der Waals surface area contributed by atoms with Crippen molar-refractivity contribution >= 4 is 23.1 Å². The van der Waals surface area contributed by atoms with Crippen molar-refractivity contribution in [2.75, 3.05) is 25.1 Å². The molecule has 0 amide bonds. The van der Waals surface area contributed by atoms with Gasteiger partial charge in [-0.15, -0.1) is 0 Å². The third-order valence-electron chi connectivity index (χ3n) is 1.81. The summed E-state index contributed by atoms with van der Waals surface area (Å²) in [5.41, 5.74) is -0.281. The minimum Gasteiger partial charge on any atom is -0.374 e. The molecule has 0 saturated carbocycles. The van der Waals surface area contributed by atoms with Gasteiger partial charge in [0, 0.05) is 18.8 Å². The van der Waals surface area contributed by atoms with Crippen LogP contribution in [0, 0.1) is 10.1 Å². The highest BCUT2D eigenvalue weighted by Crippen LogP contribution is 2.24. The van der Waals surface area contributed by atoms with Gasteiger partial charge in [0.25, 0.3) is 6.43 Å². The lowest BCUT2D eigenvalue weighted by atomic mass is 10.4. The minimum absolute atomic E-state index is 0.00813. The van der Waals surface area contributed by atoms with Crippen LogP contribution in [0.4, 0.5) is 20.3 Å². The third-order valence-corrected chi connectivity index (χ3v) is 2.02. The minimum atomic E-state index is -2.53. The van der Waals surface area contributed by atoms with Gasteiger partial charge in [0.1, 0.15) is 6.61 Å². The van der Waals surface area contributed by atoms with Gasteiger partial charge >= 0.3 is 5.69 Å². The second kappa shape index (κ2) is 7.02. The van der Waals surface area contributed by atoms with Gasteiger partial charge in [0.2, 0.25) is 5.82 Å². The molecule has 0 unspecified atom stereocenters. The first-order valence-corrected chi connectivity index (χ1v) is 5.28. The SMILES string of the molecule is O=[N+]([O-])c1cc(Cl)cnc1NCCOCC(F)F. The Kier molecular flexibility index (Phi) is 5.66. The number of hydrogen-bond donors (Lipinski definition) is 1. The van der Waals surface area contributed by atoms with Gasteiger partial charge in [-0.2, -0.15) is 0 Å². The van der Waals surface area contributed by atoms with Crippen LogP contribution in [-0.4, -0.2) is 36.1 Å². The second-order valence-corrected chi connectivity index (χ2v) is 3.61. The highest BCUT2D eigenvalue weighted by molar-refractivity contribution is 6.30. The van der Waals surface area contributed by atoms with Crippen molar-refractivity contribution in [3.63, 3.8) is 0 Å². The van der Waals surface area contributed by atoms with Gasteiger partial charge in [-0.3, -0.25) is 10.1 Å². The van der Waals surface area contributed by atoms with Gasteiger partial charge in [0.15, 0.2) is 0 Å². The molecule has 0 aliphatic carbocycles. The van der Waals surface area contributed by atoms with E-state index < -0.39 is 18.0 Å². The summed E-state index contributed by atoms with van der Waals surface area (Å²) in [5, 5.41) is 13.4. The van der Waals surface area contributed by atoms with E-state index in [4.69, 9.17) is 11.6 Å². The van der Waals surface area contributed by atoms with Crippen molar-refractivity contribution in [3.05, 3.63) is 27.4 Å². The Hall–Kier alpha value is -1.54. The molecule has 0 fully saturated rings. The highest BCUT2D eigenvalue weighted by atomic mass is 35.5. The highest BCUT2D eigenvalue weighted by Gasteiger charge is 2.15. The lowest BCUT2D eigenvalue weighted by Gasteiger charge is -2.06. The zero-order valence-electron chi connectivity index (χ0n) is 9.11. The number of aromatic nitrogens is 1. The predicted octanol–water partition coefficient (Wildman–Crippen LogP) is 2.34. The Bertz CT molecular complexity index is 420. The summed E-state index contributed by atoms with van der Waals surface area (Å²) in [5.74, 6) is 0.0186. The monoisotopic (exact) mass is 281 g/mol. The average molecular weight is 282 g/mol. The van der Waals surface area contributed by atoms with Crippen molar-refractivity contribution in [1.29, 1.82) is 0 Å². The number of halogens is 3. The van der Waals surface area contributed by atoms with E-state index in [2.05, 4.69) is 15.0 Å². The number of alkyl halides is 2. The van der Waals surface area contributed by atoms with Crippen LogP contribution in [0.15, 0.2) is 12.3 Å². The van der Waals surface area contributed by atoms with E-state index in [1.165, 1.54) is 6.20 Å². The molecule has 0 saturated heterocycles. The fourth-order valence-corrected chi connectivity index (χ4v) is 1.27. The number of pyridine rings is 1. The second-order valence-electron chi connectivity index (χ2n) is 3.17. The molecule has 0 spiro atoms. The van der Waals surface area contributed by atoms with E-state index in [9.17, 15) is 18.9 Å². The average Bonchev–Trinajstić information content (AvgIpc) is 2.29. The molecule has 9 heteroatoms. The molecule has 6 nitrogen and oxygen atoms in total. The first-order valence-electron chi connectivity index (χ1n) is 4.90. The van der Waals surface area contributed by atoms with Crippen molar-refractivity contribution in [3.8, 4) is 0 Å². The fraction of sp³-hybridized carbons (Fsp3) is 0.444. The van der Waals surface area contributed by atoms with Crippen molar-refractivity contribution in [2.45, 2.75) is 6.43 Å². The van der Waals surface area contributed by atoms with E-state index in [1.54, 1.807) is 0 Å². The maximum absolute atomic E-state index is 11.7. The quantitative estimate of drug-likeness (QED) is 0.471. The summed E-state index contributed by atoms with van der Waals surface area (Å²) in [4.78, 5) is 13.8. The number of anilines is 1. The summed E-state index contributed by atoms with van der Waals surface area (Å²) < 4.78 is 28.1. The summed E-state index contributed by atoms with van der Waals surface area (Å²) in [6.45, 7) is -0.550. The lowest BCUT2D eigenvalue weighted by molar-refractivity contribution is -0.384. The largest absolute Gasteiger partial charge is 0.374 e. The molecule has 0 aliphatic rings. The normalized spacial score (nSPS) is 10.7. The first-order chi connectivity index (χ1) is 8.50. The van der Waals surface area contributed by atoms with Crippen LogP contribution >= 0.6 is 11.6 Å². The van der Waals surface area contributed by atoms with E-state index >= 15 is 0 Å². The van der Waals surface area contributed by atoms with Gasteiger partial charge < -0.3 is 10.1 Å². The van der Waals surface area contributed by atoms with Crippen LogP contribution in [0.2, 0.25) is 5.02 Å². The van der Waals surface area contributed by atoms with Crippen molar-refractivity contribution in [2.24, 2.45) is 0 Å². The van der Waals surface area contributed by atoms with Crippen LogP contribution in [0.3, 0.4) is 0 Å². The van der Waals surface area contributed by atoms with E-state index in [0.29, 0.717) is 0 Å². The number of hydrogen-bond acceptors (Lipinski definition) is 5. The molecule has 1 aromatic heterocycles. The third kappa shape index (κ3) is 4.76. The molecule has 0 atom stereocenters. The maximum Gasteiger partial charge on any atom is 0.312 e. The van der Waals surface area contributed by atoms with Crippen LogP contribution in [0.25, 0.3) is 0 Å². The molecular weight excluding hydrogens is 272 g/mol. The molecule has 1 heterocycles. The van der Waals surface area contributed by atoms with E-state index in [0.717, 1.165) is 6.07 Å². The standard InChI is InChI=1S/C9H10ClF2N3O3/c10-6-3-7(15(16)17)9(14-4-6)13-1-2-18-5-8(11)12/h3-4,8H,1-2,5H2,(H,13,14). The van der Waals surface area contributed by atoms with Gasteiger partial charge in [-0.25, -0.2) is 13.8 Å². The zero-order valence-corrected chi connectivity index (χ0v) is 9.86. The molecule has 0 aliphatic heterocycles. The summed E-state index contributed by atoms with van der Waals surface area (Å²) >= 11 is 5.58. The Morgan fingerprint density at radius 1 is 1.61 bits per heavy atom. The van der Waals surface area contributed by atoms with E-state index in [1.807, 2.05) is 0 Å². The first kappa shape index (κ1) is 14.5. The van der Waals surface area contributed by atoms with Gasteiger partial charge in [-0.05, 0) is 0 Å². The van der Waals surface area contributed by atoms with Crippen molar-refractivity contribution in [1.82, 2.24) is 4.98 Å². The molecule has 1 aromatic rings. The van der Waals surface area contributed by atoms with Crippen LogP contribution < -0.4 is 5.32 Å². The van der Waals surface area contributed by atoms with Crippen LogP contribution in [-0.2, 0) is 4.74 Å². The Balaban J connectivity index is 2.49. The number of nitrogens with one attached hydrogen (secondary N) is 1. The van der Waals surface area contributed by atoms with Crippen molar-refractivity contribution < 1.29 is 18.4 Å². The molecular formula is C9H10ClF2N3O3.